The molecule has 0 unspecified atom stereocenters. The molecule has 0 saturated carbocycles. The van der Waals surface area contributed by atoms with Gasteiger partial charge in [-0.15, -0.1) is 11.8 Å². The van der Waals surface area contributed by atoms with E-state index in [-0.39, 0.29) is 0 Å². The minimum Gasteiger partial charge on any atom is -0.121 e. The summed E-state index contributed by atoms with van der Waals surface area (Å²) in [4.78, 5) is 1.42. The largest absolute Gasteiger partial charge is 0.121 e. The molecule has 0 atom stereocenters. The van der Waals surface area contributed by atoms with Crippen LogP contribution in [0.2, 0.25) is 0 Å². The Kier molecular flexibility index (Phi) is 5.74. The second kappa shape index (κ2) is 7.37. The fraction of sp³-hybridized carbons (Fsp3) is 0.429. The normalized spacial score (nSPS) is 11.5. The van der Waals surface area contributed by atoms with E-state index in [1.807, 2.05) is 11.8 Å². The molecule has 0 fully saturated rings. The van der Waals surface area contributed by atoms with Crippen LogP contribution >= 0.6 is 11.8 Å². The van der Waals surface area contributed by atoms with Crippen LogP contribution in [0.1, 0.15) is 67.3 Å². The number of hydrogen-bond acceptors (Lipinski definition) is 1. The van der Waals surface area contributed by atoms with Gasteiger partial charge in [-0.2, -0.15) is 0 Å². The summed E-state index contributed by atoms with van der Waals surface area (Å²) in [6.45, 7) is 13.5. The summed E-state index contributed by atoms with van der Waals surface area (Å²) < 4.78 is 0. The Hall–Kier alpha value is -1.21. The maximum Gasteiger partial charge on any atom is 0.0234 e. The van der Waals surface area contributed by atoms with Crippen molar-refractivity contribution in [3.63, 3.8) is 0 Å². The van der Waals surface area contributed by atoms with E-state index in [0.29, 0.717) is 11.8 Å². The predicted octanol–water partition coefficient (Wildman–Crippen LogP) is 6.84. The molecular formula is C21H28S. The maximum atomic E-state index is 2.38. The zero-order chi connectivity index (χ0) is 16.3. The lowest BCUT2D eigenvalue weighted by Crippen LogP contribution is -1.94. The molecule has 0 heterocycles. The van der Waals surface area contributed by atoms with Crippen molar-refractivity contribution in [1.29, 1.82) is 0 Å². The lowest BCUT2D eigenvalue weighted by Gasteiger charge is -2.13. The molecule has 0 aromatic heterocycles. The van der Waals surface area contributed by atoms with E-state index in [0.717, 1.165) is 5.75 Å². The molecule has 2 aromatic rings. The van der Waals surface area contributed by atoms with Crippen molar-refractivity contribution in [2.75, 3.05) is 0 Å². The molecule has 0 spiro atoms. The highest BCUT2D eigenvalue weighted by Crippen LogP contribution is 2.31. The van der Waals surface area contributed by atoms with Crippen LogP contribution in [0.15, 0.2) is 41.3 Å². The maximum absolute atomic E-state index is 2.38. The first-order valence-electron chi connectivity index (χ1n) is 8.21. The molecule has 118 valence electrons. The van der Waals surface area contributed by atoms with Gasteiger partial charge in [-0.25, -0.2) is 0 Å². The Morgan fingerprint density at radius 1 is 0.773 bits per heavy atom. The molecule has 0 N–H and O–H groups in total. The summed E-state index contributed by atoms with van der Waals surface area (Å²) in [7, 11) is 0. The first-order chi connectivity index (χ1) is 10.4. The smallest absolute Gasteiger partial charge is 0.0234 e. The van der Waals surface area contributed by atoms with Crippen molar-refractivity contribution in [2.24, 2.45) is 0 Å². The van der Waals surface area contributed by atoms with Gasteiger partial charge in [-0.1, -0.05) is 58.0 Å². The van der Waals surface area contributed by atoms with Crippen LogP contribution in [0.25, 0.3) is 0 Å². The topological polar surface area (TPSA) is 0 Å². The van der Waals surface area contributed by atoms with Crippen LogP contribution < -0.4 is 0 Å². The van der Waals surface area contributed by atoms with Crippen molar-refractivity contribution in [3.05, 3.63) is 64.2 Å². The van der Waals surface area contributed by atoms with Crippen molar-refractivity contribution in [2.45, 2.75) is 64.0 Å². The minimum absolute atomic E-state index is 0.589. The van der Waals surface area contributed by atoms with Gasteiger partial charge in [0.1, 0.15) is 0 Å². The molecular weight excluding hydrogens is 284 g/mol. The summed E-state index contributed by atoms with van der Waals surface area (Å²) in [6, 6.07) is 13.8. The molecule has 2 aromatic carbocycles. The van der Waals surface area contributed by atoms with E-state index in [4.69, 9.17) is 0 Å². The Morgan fingerprint density at radius 2 is 1.32 bits per heavy atom. The molecule has 0 aliphatic carbocycles. The number of thioether (sulfide) groups is 1. The van der Waals surface area contributed by atoms with Gasteiger partial charge in [0.2, 0.25) is 0 Å². The molecule has 0 bridgehead atoms. The molecule has 0 radical (unpaired) electrons. The van der Waals surface area contributed by atoms with Crippen LogP contribution in [0.5, 0.6) is 0 Å². The first kappa shape index (κ1) is 17.1. The predicted molar refractivity (Wildman–Crippen MR) is 100 cm³/mol. The van der Waals surface area contributed by atoms with Crippen LogP contribution in [-0.2, 0) is 5.75 Å². The number of aryl methyl sites for hydroxylation is 2. The fourth-order valence-corrected chi connectivity index (χ4v) is 3.63. The molecule has 22 heavy (non-hydrogen) atoms. The lowest BCUT2D eigenvalue weighted by molar-refractivity contribution is 0.860. The molecule has 0 amide bonds. The van der Waals surface area contributed by atoms with Crippen LogP contribution in [0, 0.1) is 13.8 Å². The molecule has 1 heteroatoms. The van der Waals surface area contributed by atoms with Crippen LogP contribution in [0.4, 0.5) is 0 Å². The third kappa shape index (κ3) is 4.16. The van der Waals surface area contributed by atoms with E-state index < -0.39 is 0 Å². The standard InChI is InChI=1S/C21H28S/c1-14(2)18-9-7-16(5)20(11-18)13-22-21-12-19(15(3)4)10-8-17(21)6/h7-12,14-15H,13H2,1-6H3. The van der Waals surface area contributed by atoms with Gasteiger partial charge in [-0.05, 0) is 59.6 Å². The first-order valence-corrected chi connectivity index (χ1v) is 9.19. The summed E-state index contributed by atoms with van der Waals surface area (Å²) in [5.74, 6) is 2.23. The van der Waals surface area contributed by atoms with Crippen LogP contribution in [0.3, 0.4) is 0 Å². The summed E-state index contributed by atoms with van der Waals surface area (Å²) >= 11 is 1.97. The number of benzene rings is 2. The lowest BCUT2D eigenvalue weighted by atomic mass is 9.99. The van der Waals surface area contributed by atoms with E-state index in [1.165, 1.54) is 32.7 Å². The van der Waals surface area contributed by atoms with E-state index in [1.54, 1.807) is 0 Å². The van der Waals surface area contributed by atoms with Gasteiger partial charge in [-0.3, -0.25) is 0 Å². The average molecular weight is 313 g/mol. The molecule has 0 saturated heterocycles. The second-order valence-corrected chi connectivity index (χ2v) is 7.83. The Bertz CT molecular complexity index is 581. The van der Waals surface area contributed by atoms with Crippen LogP contribution in [-0.4, -0.2) is 0 Å². The Balaban J connectivity index is 2.19. The van der Waals surface area contributed by atoms with Gasteiger partial charge in [0.25, 0.3) is 0 Å². The van der Waals surface area contributed by atoms with Gasteiger partial charge < -0.3 is 0 Å². The zero-order valence-corrected chi connectivity index (χ0v) is 15.6. The van der Waals surface area contributed by atoms with E-state index in [9.17, 15) is 0 Å². The van der Waals surface area contributed by atoms with Gasteiger partial charge in [0, 0.05) is 10.6 Å². The highest BCUT2D eigenvalue weighted by atomic mass is 32.2. The van der Waals surface area contributed by atoms with Crippen molar-refractivity contribution in [3.8, 4) is 0 Å². The quantitative estimate of drug-likeness (QED) is 0.544. The van der Waals surface area contributed by atoms with E-state index >= 15 is 0 Å². The highest BCUT2D eigenvalue weighted by molar-refractivity contribution is 7.98. The van der Waals surface area contributed by atoms with Crippen molar-refractivity contribution in [1.82, 2.24) is 0 Å². The zero-order valence-electron chi connectivity index (χ0n) is 14.7. The molecule has 0 nitrogen and oxygen atoms in total. The SMILES string of the molecule is Cc1ccc(C(C)C)cc1CSc1cc(C(C)C)ccc1C. The minimum atomic E-state index is 0.589. The molecule has 0 aliphatic rings. The summed E-state index contributed by atoms with van der Waals surface area (Å²) in [5, 5.41) is 0. The Morgan fingerprint density at radius 3 is 1.91 bits per heavy atom. The van der Waals surface area contributed by atoms with Gasteiger partial charge >= 0.3 is 0 Å². The third-order valence-electron chi connectivity index (χ3n) is 4.30. The summed E-state index contributed by atoms with van der Waals surface area (Å²) in [5.41, 5.74) is 7.11. The fourth-order valence-electron chi connectivity index (χ4n) is 2.49. The average Bonchev–Trinajstić information content (AvgIpc) is 2.47. The summed E-state index contributed by atoms with van der Waals surface area (Å²) in [6.07, 6.45) is 0. The number of hydrogen-bond donors (Lipinski definition) is 0. The highest BCUT2D eigenvalue weighted by Gasteiger charge is 2.08. The monoisotopic (exact) mass is 312 g/mol. The van der Waals surface area contributed by atoms with Gasteiger partial charge in [0.05, 0.1) is 0 Å². The number of rotatable bonds is 5. The molecule has 0 aliphatic heterocycles. The van der Waals surface area contributed by atoms with Gasteiger partial charge in [0.15, 0.2) is 0 Å². The van der Waals surface area contributed by atoms with E-state index in [2.05, 4.69) is 77.9 Å². The van der Waals surface area contributed by atoms with Crippen molar-refractivity contribution >= 4 is 11.8 Å². The Labute approximate surface area is 140 Å². The van der Waals surface area contributed by atoms with Crippen molar-refractivity contribution < 1.29 is 0 Å². The second-order valence-electron chi connectivity index (χ2n) is 6.81. The molecule has 2 rings (SSSR count). The third-order valence-corrected chi connectivity index (χ3v) is 5.51.